The molecule has 0 bridgehead atoms. The second-order valence-corrected chi connectivity index (χ2v) is 9.13. The molecule has 0 fully saturated rings. The number of nitrogens with one attached hydrogen (secondary N) is 1. The van der Waals surface area contributed by atoms with E-state index >= 15 is 0 Å². The summed E-state index contributed by atoms with van der Waals surface area (Å²) < 4.78 is 1.75. The van der Waals surface area contributed by atoms with Crippen molar-refractivity contribution in [3.63, 3.8) is 0 Å². The van der Waals surface area contributed by atoms with Crippen molar-refractivity contribution < 1.29 is 4.79 Å². The van der Waals surface area contributed by atoms with Crippen molar-refractivity contribution in [1.82, 2.24) is 25.1 Å². The number of aryl methyl sites for hydroxylation is 3. The van der Waals surface area contributed by atoms with E-state index in [1.165, 1.54) is 34.8 Å². The molecular formula is C25H25N5OS. The minimum Gasteiger partial charge on any atom is -0.352 e. The summed E-state index contributed by atoms with van der Waals surface area (Å²) in [6.45, 7) is 0.603. The van der Waals surface area contributed by atoms with E-state index in [2.05, 4.69) is 10.3 Å². The van der Waals surface area contributed by atoms with Gasteiger partial charge in [0.15, 0.2) is 0 Å². The molecule has 1 N–H and O–H groups in total. The molecule has 1 amide bonds. The molecule has 0 radical (unpaired) electrons. The summed E-state index contributed by atoms with van der Waals surface area (Å²) >= 11 is 1.85. The van der Waals surface area contributed by atoms with Crippen LogP contribution in [0, 0.1) is 0 Å². The SMILES string of the molecule is O=C(NCCCc1nc2c(s1)CCCC2)c1cn(-c2ccccc2)nc1-c1cccnc1. The predicted molar refractivity (Wildman–Crippen MR) is 126 cm³/mol. The fourth-order valence-electron chi connectivity index (χ4n) is 4.02. The first-order chi connectivity index (χ1) is 15.8. The van der Waals surface area contributed by atoms with E-state index in [1.807, 2.05) is 53.8 Å². The Bertz CT molecular complexity index is 1180. The van der Waals surface area contributed by atoms with Crippen LogP contribution in [0.15, 0.2) is 61.1 Å². The molecule has 162 valence electrons. The van der Waals surface area contributed by atoms with Gasteiger partial charge in [0.1, 0.15) is 5.69 Å². The number of hydrogen-bond acceptors (Lipinski definition) is 5. The summed E-state index contributed by atoms with van der Waals surface area (Å²) in [5, 5.41) is 8.96. The fraction of sp³-hybridized carbons (Fsp3) is 0.280. The van der Waals surface area contributed by atoms with Gasteiger partial charge in [-0.25, -0.2) is 9.67 Å². The molecule has 7 heteroatoms. The summed E-state index contributed by atoms with van der Waals surface area (Å²) in [5.74, 6) is -0.121. The van der Waals surface area contributed by atoms with E-state index in [1.54, 1.807) is 23.3 Å². The minimum atomic E-state index is -0.121. The van der Waals surface area contributed by atoms with Gasteiger partial charge in [0, 0.05) is 42.0 Å². The fourth-order valence-corrected chi connectivity index (χ4v) is 5.22. The maximum Gasteiger partial charge on any atom is 0.255 e. The number of hydrogen-bond donors (Lipinski definition) is 1. The molecule has 4 aromatic rings. The lowest BCUT2D eigenvalue weighted by atomic mass is 10.0. The van der Waals surface area contributed by atoms with Gasteiger partial charge in [-0.3, -0.25) is 9.78 Å². The van der Waals surface area contributed by atoms with Crippen LogP contribution in [0.1, 0.15) is 45.2 Å². The Labute approximate surface area is 191 Å². The van der Waals surface area contributed by atoms with Crippen molar-refractivity contribution in [2.75, 3.05) is 6.54 Å². The lowest BCUT2D eigenvalue weighted by Crippen LogP contribution is -2.25. The van der Waals surface area contributed by atoms with Crippen molar-refractivity contribution in [2.24, 2.45) is 0 Å². The summed E-state index contributed by atoms with van der Waals surface area (Å²) in [6, 6.07) is 13.6. The normalized spacial score (nSPS) is 13.0. The zero-order chi connectivity index (χ0) is 21.8. The van der Waals surface area contributed by atoms with Crippen molar-refractivity contribution in [2.45, 2.75) is 38.5 Å². The maximum atomic E-state index is 13.1. The average molecular weight is 444 g/mol. The van der Waals surface area contributed by atoms with Gasteiger partial charge in [-0.15, -0.1) is 11.3 Å². The van der Waals surface area contributed by atoms with Gasteiger partial charge in [0.2, 0.25) is 0 Å². The Kier molecular flexibility index (Phi) is 6.07. The van der Waals surface area contributed by atoms with Gasteiger partial charge in [-0.05, 0) is 56.4 Å². The third-order valence-corrected chi connectivity index (χ3v) is 6.87. The van der Waals surface area contributed by atoms with Gasteiger partial charge >= 0.3 is 0 Å². The van der Waals surface area contributed by atoms with Crippen LogP contribution in [-0.4, -0.2) is 32.2 Å². The summed E-state index contributed by atoms with van der Waals surface area (Å²) in [5.41, 5.74) is 4.21. The van der Waals surface area contributed by atoms with Gasteiger partial charge in [0.05, 0.1) is 22.0 Å². The Hall–Kier alpha value is -3.32. The molecule has 5 rings (SSSR count). The van der Waals surface area contributed by atoms with Crippen molar-refractivity contribution in [3.05, 3.63) is 82.2 Å². The largest absolute Gasteiger partial charge is 0.352 e. The molecule has 0 aliphatic heterocycles. The highest BCUT2D eigenvalue weighted by molar-refractivity contribution is 7.11. The Morgan fingerprint density at radius 3 is 2.78 bits per heavy atom. The summed E-state index contributed by atoms with van der Waals surface area (Å²) in [4.78, 5) is 23.5. The molecule has 6 nitrogen and oxygen atoms in total. The van der Waals surface area contributed by atoms with Crippen LogP contribution in [-0.2, 0) is 19.3 Å². The molecule has 0 unspecified atom stereocenters. The first kappa shape index (κ1) is 20.6. The molecule has 0 atom stereocenters. The molecule has 0 spiro atoms. The van der Waals surface area contributed by atoms with E-state index < -0.39 is 0 Å². The predicted octanol–water partition coefficient (Wildman–Crippen LogP) is 4.63. The van der Waals surface area contributed by atoms with Crippen LogP contribution in [0.3, 0.4) is 0 Å². The second kappa shape index (κ2) is 9.44. The van der Waals surface area contributed by atoms with E-state index in [0.29, 0.717) is 17.8 Å². The number of thiazole rings is 1. The third kappa shape index (κ3) is 4.48. The van der Waals surface area contributed by atoms with E-state index in [9.17, 15) is 4.79 Å². The molecule has 0 saturated heterocycles. The lowest BCUT2D eigenvalue weighted by Gasteiger charge is -2.06. The highest BCUT2D eigenvalue weighted by atomic mass is 32.1. The van der Waals surface area contributed by atoms with Gasteiger partial charge < -0.3 is 5.32 Å². The van der Waals surface area contributed by atoms with E-state index in [-0.39, 0.29) is 5.91 Å². The zero-order valence-electron chi connectivity index (χ0n) is 17.8. The zero-order valence-corrected chi connectivity index (χ0v) is 18.6. The number of rotatable bonds is 7. The lowest BCUT2D eigenvalue weighted by molar-refractivity contribution is 0.0954. The van der Waals surface area contributed by atoms with E-state index in [4.69, 9.17) is 10.1 Å². The maximum absolute atomic E-state index is 13.1. The summed E-state index contributed by atoms with van der Waals surface area (Å²) in [7, 11) is 0. The van der Waals surface area contributed by atoms with Crippen molar-refractivity contribution in [3.8, 4) is 16.9 Å². The molecule has 32 heavy (non-hydrogen) atoms. The first-order valence-corrected chi connectivity index (χ1v) is 11.9. The number of aromatic nitrogens is 4. The number of fused-ring (bicyclic) bond motifs is 1. The number of pyridine rings is 1. The number of benzene rings is 1. The molecule has 1 aliphatic carbocycles. The molecular weight excluding hydrogens is 418 g/mol. The molecule has 3 heterocycles. The highest BCUT2D eigenvalue weighted by Crippen LogP contribution is 2.27. The monoisotopic (exact) mass is 443 g/mol. The van der Waals surface area contributed by atoms with Crippen molar-refractivity contribution in [1.29, 1.82) is 0 Å². The second-order valence-electron chi connectivity index (χ2n) is 7.96. The first-order valence-electron chi connectivity index (χ1n) is 11.1. The van der Waals surface area contributed by atoms with Crippen molar-refractivity contribution >= 4 is 17.2 Å². The van der Waals surface area contributed by atoms with Gasteiger partial charge in [-0.2, -0.15) is 5.10 Å². The summed E-state index contributed by atoms with van der Waals surface area (Å²) in [6.07, 6.45) is 11.8. The molecule has 3 aromatic heterocycles. The van der Waals surface area contributed by atoms with Gasteiger partial charge in [0.25, 0.3) is 5.91 Å². The van der Waals surface area contributed by atoms with Crippen LogP contribution < -0.4 is 5.32 Å². The van der Waals surface area contributed by atoms with Crippen LogP contribution in [0.4, 0.5) is 0 Å². The van der Waals surface area contributed by atoms with Crippen LogP contribution in [0.25, 0.3) is 16.9 Å². The molecule has 1 aromatic carbocycles. The Morgan fingerprint density at radius 1 is 1.09 bits per heavy atom. The van der Waals surface area contributed by atoms with E-state index in [0.717, 1.165) is 30.5 Å². The van der Waals surface area contributed by atoms with Gasteiger partial charge in [-0.1, -0.05) is 18.2 Å². The highest BCUT2D eigenvalue weighted by Gasteiger charge is 2.19. The number of amides is 1. The smallest absolute Gasteiger partial charge is 0.255 e. The number of nitrogens with zero attached hydrogens (tertiary/aromatic N) is 4. The number of carbonyl (C=O) groups is 1. The molecule has 1 aliphatic rings. The number of para-hydroxylation sites is 1. The Balaban J connectivity index is 1.28. The molecule has 0 saturated carbocycles. The topological polar surface area (TPSA) is 72.7 Å². The average Bonchev–Trinajstić information content (AvgIpc) is 3.47. The third-order valence-electron chi connectivity index (χ3n) is 5.66. The quantitative estimate of drug-likeness (QED) is 0.423. The van der Waals surface area contributed by atoms with Crippen LogP contribution in [0.2, 0.25) is 0 Å². The standard InChI is InChI=1S/C25H25N5OS/c31-25(27-15-7-13-23-28-21-11-4-5-12-22(21)32-23)20-17-30(19-9-2-1-3-10-19)29-24(20)18-8-6-14-26-16-18/h1-3,6,8-10,14,16-17H,4-5,7,11-13,15H2,(H,27,31). The Morgan fingerprint density at radius 2 is 1.97 bits per heavy atom. The minimum absolute atomic E-state index is 0.121. The van der Waals surface area contributed by atoms with Crippen LogP contribution in [0.5, 0.6) is 0 Å². The van der Waals surface area contributed by atoms with Crippen LogP contribution >= 0.6 is 11.3 Å². The number of carbonyl (C=O) groups excluding carboxylic acids is 1.